The van der Waals surface area contributed by atoms with Crippen LogP contribution in [0.25, 0.3) is 5.82 Å². The van der Waals surface area contributed by atoms with E-state index < -0.39 is 0 Å². The highest BCUT2D eigenvalue weighted by atomic mass is 15.3. The van der Waals surface area contributed by atoms with E-state index in [9.17, 15) is 0 Å². The first-order valence-electron chi connectivity index (χ1n) is 5.34. The molecule has 0 aromatic carbocycles. The van der Waals surface area contributed by atoms with Gasteiger partial charge >= 0.3 is 0 Å². The lowest BCUT2D eigenvalue weighted by atomic mass is 10.3. The van der Waals surface area contributed by atoms with Crippen LogP contribution in [0.5, 0.6) is 0 Å². The van der Waals surface area contributed by atoms with Crippen LogP contribution in [-0.2, 0) is 6.54 Å². The normalized spacial score (nSPS) is 10.6. The van der Waals surface area contributed by atoms with Gasteiger partial charge in [0.05, 0.1) is 11.9 Å². The van der Waals surface area contributed by atoms with Crippen molar-refractivity contribution in [2.24, 2.45) is 0 Å². The molecule has 0 bridgehead atoms. The van der Waals surface area contributed by atoms with Crippen LogP contribution >= 0.6 is 0 Å². The molecule has 2 heterocycles. The summed E-state index contributed by atoms with van der Waals surface area (Å²) in [6, 6.07) is 3.83. The highest BCUT2D eigenvalue weighted by Gasteiger charge is 2.01. The summed E-state index contributed by atoms with van der Waals surface area (Å²) in [6.45, 7) is 5.78. The maximum Gasteiger partial charge on any atom is 0.175 e. The van der Waals surface area contributed by atoms with Gasteiger partial charge in [0.25, 0.3) is 0 Å². The SMILES string of the molecule is CCNCc1cnn(-c2ccc(C)nn2)c1. The van der Waals surface area contributed by atoms with Gasteiger partial charge in [0, 0.05) is 18.3 Å². The Labute approximate surface area is 94.5 Å². The Bertz CT molecular complexity index is 446. The molecule has 0 fully saturated rings. The number of nitrogens with one attached hydrogen (secondary N) is 1. The predicted octanol–water partition coefficient (Wildman–Crippen LogP) is 1.08. The molecule has 84 valence electrons. The molecule has 0 atom stereocenters. The fourth-order valence-electron chi connectivity index (χ4n) is 1.36. The third-order valence-electron chi connectivity index (χ3n) is 2.23. The Morgan fingerprint density at radius 3 is 2.88 bits per heavy atom. The van der Waals surface area contributed by atoms with Crippen molar-refractivity contribution in [3.63, 3.8) is 0 Å². The van der Waals surface area contributed by atoms with Gasteiger partial charge in [-0.15, -0.1) is 5.10 Å². The smallest absolute Gasteiger partial charge is 0.175 e. The number of nitrogens with zero attached hydrogens (tertiary/aromatic N) is 4. The van der Waals surface area contributed by atoms with E-state index in [1.165, 1.54) is 0 Å². The second-order valence-electron chi connectivity index (χ2n) is 3.61. The predicted molar refractivity (Wildman–Crippen MR) is 61.3 cm³/mol. The summed E-state index contributed by atoms with van der Waals surface area (Å²) in [4.78, 5) is 0. The summed E-state index contributed by atoms with van der Waals surface area (Å²) >= 11 is 0. The van der Waals surface area contributed by atoms with E-state index in [1.54, 1.807) is 4.68 Å². The van der Waals surface area contributed by atoms with Gasteiger partial charge < -0.3 is 5.32 Å². The topological polar surface area (TPSA) is 55.6 Å². The minimum Gasteiger partial charge on any atom is -0.313 e. The van der Waals surface area contributed by atoms with E-state index in [4.69, 9.17) is 0 Å². The van der Waals surface area contributed by atoms with Crippen molar-refractivity contribution in [2.45, 2.75) is 20.4 Å². The van der Waals surface area contributed by atoms with Gasteiger partial charge in [0.15, 0.2) is 5.82 Å². The number of rotatable bonds is 4. The summed E-state index contributed by atoms with van der Waals surface area (Å²) in [5.41, 5.74) is 2.05. The van der Waals surface area contributed by atoms with Gasteiger partial charge in [-0.3, -0.25) is 0 Å². The minimum absolute atomic E-state index is 0.744. The minimum atomic E-state index is 0.744. The van der Waals surface area contributed by atoms with Crippen molar-refractivity contribution in [1.82, 2.24) is 25.3 Å². The van der Waals surface area contributed by atoms with E-state index >= 15 is 0 Å². The van der Waals surface area contributed by atoms with Crippen molar-refractivity contribution < 1.29 is 0 Å². The lowest BCUT2D eigenvalue weighted by molar-refractivity contribution is 0.726. The molecule has 0 spiro atoms. The summed E-state index contributed by atoms with van der Waals surface area (Å²) in [5, 5.41) is 15.6. The molecule has 0 aliphatic rings. The number of aromatic nitrogens is 4. The molecule has 2 aromatic rings. The molecule has 5 heteroatoms. The molecular weight excluding hydrogens is 202 g/mol. The maximum absolute atomic E-state index is 4.24. The zero-order chi connectivity index (χ0) is 11.4. The van der Waals surface area contributed by atoms with Crippen molar-refractivity contribution in [1.29, 1.82) is 0 Å². The van der Waals surface area contributed by atoms with Crippen molar-refractivity contribution >= 4 is 0 Å². The second kappa shape index (κ2) is 4.85. The molecule has 5 nitrogen and oxygen atoms in total. The van der Waals surface area contributed by atoms with Crippen LogP contribution in [0.2, 0.25) is 0 Å². The largest absolute Gasteiger partial charge is 0.313 e. The summed E-state index contributed by atoms with van der Waals surface area (Å²) in [5.74, 6) is 0.744. The van der Waals surface area contributed by atoms with Crippen LogP contribution in [0.3, 0.4) is 0 Å². The zero-order valence-corrected chi connectivity index (χ0v) is 9.51. The Morgan fingerprint density at radius 1 is 1.31 bits per heavy atom. The molecule has 0 unspecified atom stereocenters. The monoisotopic (exact) mass is 217 g/mol. The van der Waals surface area contributed by atoms with Crippen LogP contribution in [0, 0.1) is 6.92 Å². The molecule has 1 N–H and O–H groups in total. The van der Waals surface area contributed by atoms with Crippen molar-refractivity contribution in [2.75, 3.05) is 6.54 Å². The number of aryl methyl sites for hydroxylation is 1. The average molecular weight is 217 g/mol. The van der Waals surface area contributed by atoms with E-state index in [0.717, 1.165) is 30.2 Å². The zero-order valence-electron chi connectivity index (χ0n) is 9.51. The molecule has 2 rings (SSSR count). The van der Waals surface area contributed by atoms with Crippen LogP contribution in [0.1, 0.15) is 18.2 Å². The van der Waals surface area contributed by atoms with Crippen LogP contribution in [-0.4, -0.2) is 26.5 Å². The maximum atomic E-state index is 4.24. The molecule has 0 saturated carbocycles. The summed E-state index contributed by atoms with van der Waals surface area (Å²) in [6.07, 6.45) is 3.80. The van der Waals surface area contributed by atoms with E-state index in [1.807, 2.05) is 31.5 Å². The Balaban J connectivity index is 2.15. The van der Waals surface area contributed by atoms with Gasteiger partial charge in [-0.1, -0.05) is 6.92 Å². The Hall–Kier alpha value is -1.75. The summed E-state index contributed by atoms with van der Waals surface area (Å²) < 4.78 is 1.74. The van der Waals surface area contributed by atoms with Crippen molar-refractivity contribution in [3.05, 3.63) is 35.8 Å². The third-order valence-corrected chi connectivity index (χ3v) is 2.23. The highest BCUT2D eigenvalue weighted by Crippen LogP contribution is 2.04. The van der Waals surface area contributed by atoms with Gasteiger partial charge in [0.2, 0.25) is 0 Å². The third kappa shape index (κ3) is 2.43. The van der Waals surface area contributed by atoms with Gasteiger partial charge in [-0.25, -0.2) is 4.68 Å². The molecule has 0 saturated heterocycles. The second-order valence-corrected chi connectivity index (χ2v) is 3.61. The Morgan fingerprint density at radius 2 is 2.19 bits per heavy atom. The molecule has 16 heavy (non-hydrogen) atoms. The van der Waals surface area contributed by atoms with Crippen LogP contribution in [0.15, 0.2) is 24.5 Å². The molecule has 0 aliphatic carbocycles. The van der Waals surface area contributed by atoms with Crippen molar-refractivity contribution in [3.8, 4) is 5.82 Å². The van der Waals surface area contributed by atoms with E-state index in [0.29, 0.717) is 0 Å². The van der Waals surface area contributed by atoms with Crippen LogP contribution in [0.4, 0.5) is 0 Å². The molecule has 2 aromatic heterocycles. The fraction of sp³-hybridized carbons (Fsp3) is 0.364. The summed E-state index contributed by atoms with van der Waals surface area (Å²) in [7, 11) is 0. The molecular formula is C11H15N5. The first-order valence-corrected chi connectivity index (χ1v) is 5.34. The first-order chi connectivity index (χ1) is 7.79. The highest BCUT2D eigenvalue weighted by molar-refractivity contribution is 5.21. The molecule has 0 radical (unpaired) electrons. The molecule has 0 amide bonds. The van der Waals surface area contributed by atoms with E-state index in [-0.39, 0.29) is 0 Å². The lowest BCUT2D eigenvalue weighted by Gasteiger charge is -1.99. The molecule has 0 aliphatic heterocycles. The number of hydrogen-bond acceptors (Lipinski definition) is 4. The van der Waals surface area contributed by atoms with Gasteiger partial charge in [-0.05, 0) is 25.6 Å². The average Bonchev–Trinajstić information content (AvgIpc) is 2.76. The quantitative estimate of drug-likeness (QED) is 0.832. The number of hydrogen-bond donors (Lipinski definition) is 1. The fourth-order valence-corrected chi connectivity index (χ4v) is 1.36. The van der Waals surface area contributed by atoms with Crippen LogP contribution < -0.4 is 5.32 Å². The Kier molecular flexibility index (Phi) is 3.26. The van der Waals surface area contributed by atoms with Gasteiger partial charge in [0.1, 0.15) is 0 Å². The first kappa shape index (κ1) is 10.8. The lowest BCUT2D eigenvalue weighted by Crippen LogP contribution is -2.11. The van der Waals surface area contributed by atoms with Gasteiger partial charge in [-0.2, -0.15) is 10.2 Å². The standard InChI is InChI=1S/C11H15N5/c1-3-12-6-10-7-13-16(8-10)11-5-4-9(2)14-15-11/h4-5,7-8,12H,3,6H2,1-2H3. The van der Waals surface area contributed by atoms with E-state index in [2.05, 4.69) is 27.5 Å².